The van der Waals surface area contributed by atoms with Crippen molar-refractivity contribution in [3.8, 4) is 0 Å². The topological polar surface area (TPSA) is 78.8 Å². The predicted molar refractivity (Wildman–Crippen MR) is 140 cm³/mol. The summed E-state index contributed by atoms with van der Waals surface area (Å²) in [6.07, 6.45) is 5.28. The number of hydrazone groups is 1. The molecule has 0 aromatic heterocycles. The first-order valence-electron chi connectivity index (χ1n) is 11.6. The maximum atomic E-state index is 13.6. The van der Waals surface area contributed by atoms with Gasteiger partial charge < -0.3 is 0 Å². The minimum absolute atomic E-state index is 0.0859. The first-order valence-corrected chi connectivity index (χ1v) is 13.5. The van der Waals surface area contributed by atoms with Crippen LogP contribution < -0.4 is 9.73 Å². The lowest BCUT2D eigenvalue weighted by atomic mass is 9.99. The van der Waals surface area contributed by atoms with Crippen molar-refractivity contribution in [1.82, 2.24) is 5.43 Å². The highest BCUT2D eigenvalue weighted by atomic mass is 35.5. The zero-order chi connectivity index (χ0) is 24.8. The number of carbonyl (C=O) groups is 1. The van der Waals surface area contributed by atoms with Crippen molar-refractivity contribution in [2.24, 2.45) is 5.10 Å². The molecule has 0 spiro atoms. The number of sulfonamides is 1. The van der Waals surface area contributed by atoms with Gasteiger partial charge in [0.1, 0.15) is 0 Å². The Hall–Kier alpha value is -3.16. The Balaban J connectivity index is 1.59. The van der Waals surface area contributed by atoms with Crippen LogP contribution in [0.25, 0.3) is 0 Å². The van der Waals surface area contributed by atoms with Crippen LogP contribution in [0.15, 0.2) is 82.8 Å². The van der Waals surface area contributed by atoms with Gasteiger partial charge in [0.05, 0.1) is 17.1 Å². The van der Waals surface area contributed by atoms with Crippen molar-refractivity contribution in [2.45, 2.75) is 50.5 Å². The van der Waals surface area contributed by atoms with E-state index in [0.29, 0.717) is 21.8 Å². The molecule has 182 valence electrons. The van der Waals surface area contributed by atoms with Crippen LogP contribution in [0.2, 0.25) is 5.02 Å². The molecule has 0 unspecified atom stereocenters. The van der Waals surface area contributed by atoms with Gasteiger partial charge in [-0.25, -0.2) is 13.8 Å². The van der Waals surface area contributed by atoms with E-state index in [-0.39, 0.29) is 17.3 Å². The molecule has 8 heteroatoms. The predicted octanol–water partition coefficient (Wildman–Crippen LogP) is 6.09. The Labute approximate surface area is 211 Å². The summed E-state index contributed by atoms with van der Waals surface area (Å²) in [4.78, 5) is 12.7. The molecule has 1 aliphatic carbocycles. The molecule has 0 bridgehead atoms. The molecule has 0 saturated heterocycles. The lowest BCUT2D eigenvalue weighted by molar-refractivity contribution is 0.0954. The van der Waals surface area contributed by atoms with E-state index in [4.69, 9.17) is 11.6 Å². The van der Waals surface area contributed by atoms with Crippen molar-refractivity contribution < 1.29 is 13.2 Å². The first-order chi connectivity index (χ1) is 16.9. The number of halogens is 1. The third-order valence-electron chi connectivity index (χ3n) is 6.13. The normalized spacial score (nSPS) is 13.8. The van der Waals surface area contributed by atoms with E-state index in [0.717, 1.165) is 37.0 Å². The van der Waals surface area contributed by atoms with Crippen molar-refractivity contribution in [3.63, 3.8) is 0 Å². The van der Waals surface area contributed by atoms with Gasteiger partial charge in [-0.05, 0) is 80.1 Å². The summed E-state index contributed by atoms with van der Waals surface area (Å²) in [5.41, 5.74) is 6.05. The van der Waals surface area contributed by atoms with Gasteiger partial charge in [-0.3, -0.25) is 9.10 Å². The highest BCUT2D eigenvalue weighted by Crippen LogP contribution is 2.32. The van der Waals surface area contributed by atoms with Gasteiger partial charge in [-0.15, -0.1) is 0 Å². The number of rotatable bonds is 7. The van der Waals surface area contributed by atoms with Crippen molar-refractivity contribution in [1.29, 1.82) is 0 Å². The van der Waals surface area contributed by atoms with Crippen LogP contribution in [-0.2, 0) is 16.6 Å². The molecular weight excluding hydrogens is 482 g/mol. The lowest BCUT2D eigenvalue weighted by Gasteiger charge is -2.26. The zero-order valence-electron chi connectivity index (χ0n) is 19.6. The Morgan fingerprint density at radius 1 is 0.943 bits per heavy atom. The standard InChI is InChI=1S/C27H28ClN3O3S/c1-20-25(28)13-8-14-26(20)31(35(33,34)24-11-6-3-7-12-24)19-21-15-17-22(18-16-21)27(32)30-29-23-9-4-2-5-10-23/h3,6-8,11-18H,2,4-5,9-10,19H2,1H3,(H,30,32). The molecule has 0 radical (unpaired) electrons. The highest BCUT2D eigenvalue weighted by molar-refractivity contribution is 7.92. The van der Waals surface area contributed by atoms with Crippen LogP contribution in [-0.4, -0.2) is 20.0 Å². The third-order valence-corrected chi connectivity index (χ3v) is 8.31. The number of amides is 1. The van der Waals surface area contributed by atoms with E-state index in [1.54, 1.807) is 79.7 Å². The molecule has 1 aliphatic rings. The van der Waals surface area contributed by atoms with Crippen LogP contribution >= 0.6 is 11.6 Å². The number of hydrogen-bond acceptors (Lipinski definition) is 4. The molecule has 0 aliphatic heterocycles. The van der Waals surface area contributed by atoms with Crippen LogP contribution in [0.4, 0.5) is 5.69 Å². The lowest BCUT2D eigenvalue weighted by Crippen LogP contribution is -2.31. The summed E-state index contributed by atoms with van der Waals surface area (Å²) in [6, 6.07) is 20.4. The third kappa shape index (κ3) is 5.92. The fourth-order valence-electron chi connectivity index (χ4n) is 4.08. The van der Waals surface area contributed by atoms with Crippen LogP contribution in [0.1, 0.15) is 53.6 Å². The van der Waals surface area contributed by atoms with Gasteiger partial charge in [0.2, 0.25) is 0 Å². The fourth-order valence-corrected chi connectivity index (χ4v) is 5.78. The van der Waals surface area contributed by atoms with Crippen molar-refractivity contribution in [3.05, 3.63) is 94.5 Å². The van der Waals surface area contributed by atoms with E-state index in [1.165, 1.54) is 10.7 Å². The molecule has 1 N–H and O–H groups in total. The van der Waals surface area contributed by atoms with Crippen LogP contribution in [0.5, 0.6) is 0 Å². The molecule has 1 fully saturated rings. The average Bonchev–Trinajstić information content (AvgIpc) is 2.89. The number of nitrogens with zero attached hydrogens (tertiary/aromatic N) is 2. The van der Waals surface area contributed by atoms with Crippen LogP contribution in [0, 0.1) is 6.92 Å². The number of carbonyl (C=O) groups excluding carboxylic acids is 1. The quantitative estimate of drug-likeness (QED) is 0.391. The summed E-state index contributed by atoms with van der Waals surface area (Å²) >= 11 is 6.32. The molecule has 1 amide bonds. The SMILES string of the molecule is Cc1c(Cl)cccc1N(Cc1ccc(C(=O)NN=C2CCCCC2)cc1)S(=O)(=O)c1ccccc1. The van der Waals surface area contributed by atoms with Gasteiger partial charge in [-0.2, -0.15) is 5.10 Å². The second-order valence-electron chi connectivity index (χ2n) is 8.59. The Kier molecular flexibility index (Phi) is 7.88. The second kappa shape index (κ2) is 11.1. The van der Waals surface area contributed by atoms with Gasteiger partial charge in [0, 0.05) is 16.3 Å². The molecule has 6 nitrogen and oxygen atoms in total. The van der Waals surface area contributed by atoms with E-state index in [2.05, 4.69) is 10.5 Å². The van der Waals surface area contributed by atoms with E-state index in [9.17, 15) is 13.2 Å². The summed E-state index contributed by atoms with van der Waals surface area (Å²) in [6.45, 7) is 1.88. The smallest absolute Gasteiger partial charge is 0.267 e. The number of nitrogens with one attached hydrogen (secondary N) is 1. The molecule has 0 atom stereocenters. The second-order valence-corrected chi connectivity index (χ2v) is 10.9. The summed E-state index contributed by atoms with van der Waals surface area (Å²) in [5.74, 6) is -0.283. The Bertz CT molecular complexity index is 1320. The molecule has 0 heterocycles. The van der Waals surface area contributed by atoms with Gasteiger partial charge in [-0.1, -0.05) is 54.4 Å². The molecule has 35 heavy (non-hydrogen) atoms. The van der Waals surface area contributed by atoms with Crippen LogP contribution in [0.3, 0.4) is 0 Å². The van der Waals surface area contributed by atoms with Gasteiger partial charge >= 0.3 is 0 Å². The maximum Gasteiger partial charge on any atom is 0.271 e. The molecule has 3 aromatic rings. The Morgan fingerprint density at radius 2 is 1.63 bits per heavy atom. The zero-order valence-corrected chi connectivity index (χ0v) is 21.1. The molecule has 3 aromatic carbocycles. The number of hydrogen-bond donors (Lipinski definition) is 1. The largest absolute Gasteiger partial charge is 0.271 e. The monoisotopic (exact) mass is 509 g/mol. The first kappa shape index (κ1) is 24.9. The highest BCUT2D eigenvalue weighted by Gasteiger charge is 2.27. The average molecular weight is 510 g/mol. The molecule has 4 rings (SSSR count). The van der Waals surface area contributed by atoms with E-state index < -0.39 is 10.0 Å². The maximum absolute atomic E-state index is 13.6. The fraction of sp³-hybridized carbons (Fsp3) is 0.259. The van der Waals surface area contributed by atoms with Gasteiger partial charge in [0.25, 0.3) is 15.9 Å². The summed E-state index contributed by atoms with van der Waals surface area (Å²) in [5, 5.41) is 4.76. The molecule has 1 saturated carbocycles. The summed E-state index contributed by atoms with van der Waals surface area (Å²) in [7, 11) is -3.86. The van der Waals surface area contributed by atoms with Gasteiger partial charge in [0.15, 0.2) is 0 Å². The van der Waals surface area contributed by atoms with E-state index >= 15 is 0 Å². The Morgan fingerprint density at radius 3 is 2.31 bits per heavy atom. The minimum atomic E-state index is -3.86. The summed E-state index contributed by atoms with van der Waals surface area (Å²) < 4.78 is 28.6. The van der Waals surface area contributed by atoms with Crippen molar-refractivity contribution >= 4 is 38.9 Å². The van der Waals surface area contributed by atoms with Crippen molar-refractivity contribution in [2.75, 3.05) is 4.31 Å². The number of anilines is 1. The minimum Gasteiger partial charge on any atom is -0.267 e. The number of benzene rings is 3. The van der Waals surface area contributed by atoms with E-state index in [1.807, 2.05) is 0 Å². The molecular formula is C27H28ClN3O3S.